The number of benzene rings is 1. The third-order valence-electron chi connectivity index (χ3n) is 4.62. The molecule has 0 aliphatic carbocycles. The zero-order chi connectivity index (χ0) is 19.8. The van der Waals surface area contributed by atoms with Gasteiger partial charge in [-0.1, -0.05) is 25.5 Å². The van der Waals surface area contributed by atoms with E-state index in [0.717, 1.165) is 37.1 Å². The molecule has 0 aromatic heterocycles. The Morgan fingerprint density at radius 2 is 2.07 bits per heavy atom. The molecule has 1 aromatic carbocycles. The number of nitrogens with zero attached hydrogens (tertiary/aromatic N) is 1. The van der Waals surface area contributed by atoms with Crippen LogP contribution in [0.1, 0.15) is 54.1 Å². The van der Waals surface area contributed by atoms with Gasteiger partial charge in [-0.15, -0.1) is 0 Å². The monoisotopic (exact) mass is 375 g/mol. The lowest BCUT2D eigenvalue weighted by Crippen LogP contribution is -2.52. The zero-order valence-corrected chi connectivity index (χ0v) is 15.4. The van der Waals surface area contributed by atoms with Gasteiger partial charge in [-0.05, 0) is 36.6 Å². The molecule has 0 radical (unpaired) electrons. The van der Waals surface area contributed by atoms with Crippen LogP contribution in [-0.2, 0) is 27.5 Å². The van der Waals surface area contributed by atoms with Gasteiger partial charge in [-0.25, -0.2) is 0 Å². The van der Waals surface area contributed by atoms with Gasteiger partial charge in [0.2, 0.25) is 11.8 Å². The van der Waals surface area contributed by atoms with Gasteiger partial charge in [0.25, 0.3) is 12.4 Å². The number of unbranched alkanes of at least 4 members (excludes halogenated alkanes) is 1. The molecule has 2 aliphatic heterocycles. The van der Waals surface area contributed by atoms with Gasteiger partial charge in [0.15, 0.2) is 0 Å². The van der Waals surface area contributed by atoms with Crippen LogP contribution in [0.3, 0.4) is 0 Å². The van der Waals surface area contributed by atoms with E-state index < -0.39 is 6.04 Å². The van der Waals surface area contributed by atoms with Crippen molar-refractivity contribution in [2.45, 2.75) is 51.7 Å². The minimum atomic E-state index is -0.547. The Morgan fingerprint density at radius 3 is 2.74 bits per heavy atom. The van der Waals surface area contributed by atoms with E-state index in [1.165, 1.54) is 0 Å². The summed E-state index contributed by atoms with van der Waals surface area (Å²) in [6.07, 6.45) is 2.98. The standard InChI is InChI=1S/C18H23N3O3.CH2O2/c1-2-3-8-19-10-12-4-5-14-13(9-12)11-21(18(14)24)15-6-7-16(22)20-17(15)23;2-1-3/h4-5,9,15,19H,2-3,6-8,10-11H2,1H3,(H,20,22,23);1H,(H,2,3). The first-order valence-electron chi connectivity index (χ1n) is 9.06. The summed E-state index contributed by atoms with van der Waals surface area (Å²) < 4.78 is 0. The number of hydrogen-bond acceptors (Lipinski definition) is 5. The van der Waals surface area contributed by atoms with Crippen LogP contribution in [0.2, 0.25) is 0 Å². The van der Waals surface area contributed by atoms with Crippen molar-refractivity contribution in [1.82, 2.24) is 15.5 Å². The van der Waals surface area contributed by atoms with Gasteiger partial charge in [0.1, 0.15) is 6.04 Å². The zero-order valence-electron chi connectivity index (χ0n) is 15.4. The molecule has 1 unspecified atom stereocenters. The summed E-state index contributed by atoms with van der Waals surface area (Å²) in [5, 5.41) is 12.6. The summed E-state index contributed by atoms with van der Waals surface area (Å²) in [6.45, 7) is 4.10. The first-order chi connectivity index (χ1) is 13.0. The predicted octanol–water partition coefficient (Wildman–Crippen LogP) is 1.04. The first-order valence-corrected chi connectivity index (χ1v) is 9.06. The molecule has 8 nitrogen and oxygen atoms in total. The Balaban J connectivity index is 0.000000817. The largest absolute Gasteiger partial charge is 0.483 e. The number of piperidine rings is 1. The molecule has 3 rings (SSSR count). The fourth-order valence-corrected chi connectivity index (χ4v) is 3.27. The first kappa shape index (κ1) is 20.6. The maximum absolute atomic E-state index is 12.6. The molecule has 2 heterocycles. The molecule has 1 atom stereocenters. The van der Waals surface area contributed by atoms with E-state index in [9.17, 15) is 14.4 Å². The summed E-state index contributed by atoms with van der Waals surface area (Å²) in [7, 11) is 0. The van der Waals surface area contributed by atoms with Crippen molar-refractivity contribution in [2.75, 3.05) is 6.54 Å². The maximum Gasteiger partial charge on any atom is 0.290 e. The molecule has 27 heavy (non-hydrogen) atoms. The summed E-state index contributed by atoms with van der Waals surface area (Å²) in [4.78, 5) is 45.8. The fourth-order valence-electron chi connectivity index (χ4n) is 3.27. The number of fused-ring (bicyclic) bond motifs is 1. The number of carbonyl (C=O) groups excluding carboxylic acids is 3. The van der Waals surface area contributed by atoms with Crippen LogP contribution in [0.4, 0.5) is 0 Å². The quantitative estimate of drug-likeness (QED) is 0.389. The van der Waals surface area contributed by atoms with E-state index in [1.807, 2.05) is 18.2 Å². The average Bonchev–Trinajstić information content (AvgIpc) is 2.95. The Kier molecular flexibility index (Phi) is 7.48. The van der Waals surface area contributed by atoms with E-state index in [0.29, 0.717) is 18.5 Å². The second-order valence-electron chi connectivity index (χ2n) is 6.53. The second-order valence-corrected chi connectivity index (χ2v) is 6.53. The van der Waals surface area contributed by atoms with Crippen molar-refractivity contribution in [3.8, 4) is 0 Å². The Morgan fingerprint density at radius 1 is 1.33 bits per heavy atom. The normalized spacial score (nSPS) is 18.5. The highest BCUT2D eigenvalue weighted by atomic mass is 16.3. The summed E-state index contributed by atoms with van der Waals surface area (Å²) >= 11 is 0. The smallest absolute Gasteiger partial charge is 0.290 e. The van der Waals surface area contributed by atoms with Crippen molar-refractivity contribution in [3.05, 3.63) is 34.9 Å². The van der Waals surface area contributed by atoms with Crippen LogP contribution in [-0.4, -0.2) is 46.8 Å². The van der Waals surface area contributed by atoms with Gasteiger partial charge < -0.3 is 15.3 Å². The molecular weight excluding hydrogens is 350 g/mol. The number of rotatable bonds is 6. The van der Waals surface area contributed by atoms with Crippen LogP contribution >= 0.6 is 0 Å². The lowest BCUT2D eigenvalue weighted by atomic mass is 10.0. The average molecular weight is 375 g/mol. The Hall–Kier alpha value is -2.74. The lowest BCUT2D eigenvalue weighted by molar-refractivity contribution is -0.137. The minimum absolute atomic E-state index is 0.120. The predicted molar refractivity (Wildman–Crippen MR) is 97.8 cm³/mol. The third-order valence-corrected chi connectivity index (χ3v) is 4.62. The molecule has 1 aromatic rings. The lowest BCUT2D eigenvalue weighted by Gasteiger charge is -2.29. The molecule has 3 amide bonds. The fraction of sp³-hybridized carbons (Fsp3) is 0.474. The van der Waals surface area contributed by atoms with Gasteiger partial charge in [0, 0.05) is 25.1 Å². The minimum Gasteiger partial charge on any atom is -0.483 e. The van der Waals surface area contributed by atoms with Crippen molar-refractivity contribution >= 4 is 24.2 Å². The number of hydrogen-bond donors (Lipinski definition) is 3. The van der Waals surface area contributed by atoms with Gasteiger partial charge in [0.05, 0.1) is 0 Å². The molecule has 146 valence electrons. The Labute approximate surface area is 157 Å². The van der Waals surface area contributed by atoms with E-state index in [2.05, 4.69) is 17.6 Å². The summed E-state index contributed by atoms with van der Waals surface area (Å²) in [6, 6.07) is 5.30. The summed E-state index contributed by atoms with van der Waals surface area (Å²) in [5.41, 5.74) is 2.76. The molecule has 1 fully saturated rings. The maximum atomic E-state index is 12.6. The molecule has 1 saturated heterocycles. The number of imide groups is 1. The topological polar surface area (TPSA) is 116 Å². The van der Waals surface area contributed by atoms with Crippen LogP contribution in [0, 0.1) is 0 Å². The van der Waals surface area contributed by atoms with E-state index in [-0.39, 0.29) is 30.6 Å². The highest BCUT2D eigenvalue weighted by Crippen LogP contribution is 2.28. The number of carboxylic acid groups (broad SMARTS) is 1. The molecule has 0 saturated carbocycles. The van der Waals surface area contributed by atoms with Crippen LogP contribution in [0.25, 0.3) is 0 Å². The van der Waals surface area contributed by atoms with Gasteiger partial charge in [-0.3, -0.25) is 24.5 Å². The molecule has 0 spiro atoms. The molecule has 3 N–H and O–H groups in total. The number of nitrogens with one attached hydrogen (secondary N) is 2. The van der Waals surface area contributed by atoms with Gasteiger partial charge >= 0.3 is 0 Å². The van der Waals surface area contributed by atoms with E-state index in [1.54, 1.807) is 4.90 Å². The number of amides is 3. The molecule has 0 bridgehead atoms. The van der Waals surface area contributed by atoms with Crippen LogP contribution in [0.15, 0.2) is 18.2 Å². The summed E-state index contributed by atoms with van der Waals surface area (Å²) in [5.74, 6) is -0.750. The molecule has 8 heteroatoms. The SMILES string of the molecule is CCCCNCc1ccc2c(c1)CN(C1CCC(=O)NC1=O)C2=O.O=CO. The van der Waals surface area contributed by atoms with Crippen molar-refractivity contribution < 1.29 is 24.3 Å². The van der Waals surface area contributed by atoms with E-state index in [4.69, 9.17) is 9.90 Å². The van der Waals surface area contributed by atoms with Gasteiger partial charge in [-0.2, -0.15) is 0 Å². The Bertz CT molecular complexity index is 719. The number of carbonyl (C=O) groups is 4. The highest BCUT2D eigenvalue weighted by molar-refractivity contribution is 6.05. The van der Waals surface area contributed by atoms with Crippen molar-refractivity contribution in [1.29, 1.82) is 0 Å². The van der Waals surface area contributed by atoms with Crippen LogP contribution in [0.5, 0.6) is 0 Å². The third kappa shape index (κ3) is 5.13. The van der Waals surface area contributed by atoms with Crippen molar-refractivity contribution in [2.24, 2.45) is 0 Å². The second kappa shape index (κ2) is 9.82. The van der Waals surface area contributed by atoms with E-state index >= 15 is 0 Å². The van der Waals surface area contributed by atoms with Crippen LogP contribution < -0.4 is 10.6 Å². The molecule has 2 aliphatic rings. The van der Waals surface area contributed by atoms with Crippen molar-refractivity contribution in [3.63, 3.8) is 0 Å². The highest BCUT2D eigenvalue weighted by Gasteiger charge is 2.38. The molecular formula is C19H25N3O5.